The first kappa shape index (κ1) is 20.2. The van der Waals surface area contributed by atoms with Crippen LogP contribution >= 0.6 is 15.9 Å². The molecule has 2 aromatic rings. The molecule has 142 valence electrons. The topological polar surface area (TPSA) is 176 Å². The van der Waals surface area contributed by atoms with Gasteiger partial charge in [-0.2, -0.15) is 0 Å². The molecule has 0 aliphatic heterocycles. The van der Waals surface area contributed by atoms with Gasteiger partial charge in [-0.15, -0.1) is 0 Å². The molecule has 0 radical (unpaired) electrons. The number of nitrogens with one attached hydrogen (secondary N) is 1. The Hall–Kier alpha value is -3.13. The third-order valence-electron chi connectivity index (χ3n) is 3.25. The number of halogens is 1. The molecule has 0 saturated carbocycles. The van der Waals surface area contributed by atoms with Gasteiger partial charge in [-0.05, 0) is 18.2 Å². The van der Waals surface area contributed by atoms with Crippen molar-refractivity contribution in [1.29, 1.82) is 0 Å². The van der Waals surface area contributed by atoms with Gasteiger partial charge < -0.3 is 5.32 Å². The van der Waals surface area contributed by atoms with Gasteiger partial charge >= 0.3 is 11.4 Å². The predicted octanol–water partition coefficient (Wildman–Crippen LogP) is 3.32. The minimum atomic E-state index is -3.64. The first-order chi connectivity index (χ1) is 12.4. The van der Waals surface area contributed by atoms with Crippen LogP contribution in [0.15, 0.2) is 39.7 Å². The Morgan fingerprint density at radius 2 is 1.41 bits per heavy atom. The molecule has 0 atom stereocenters. The second kappa shape index (κ2) is 7.24. The highest BCUT2D eigenvalue weighted by Gasteiger charge is 2.31. The molecule has 2 rings (SSSR count). The highest BCUT2D eigenvalue weighted by Crippen LogP contribution is 2.40. The van der Waals surface area contributed by atoms with Crippen molar-refractivity contribution in [3.8, 4) is 0 Å². The van der Waals surface area contributed by atoms with Crippen LogP contribution < -0.4 is 5.32 Å². The Kier molecular flexibility index (Phi) is 5.41. The summed E-state index contributed by atoms with van der Waals surface area (Å²) < 4.78 is 23.7. The van der Waals surface area contributed by atoms with E-state index < -0.39 is 47.4 Å². The maximum Gasteiger partial charge on any atom is 0.306 e. The summed E-state index contributed by atoms with van der Waals surface area (Å²) in [5.74, 6) is 0. The maximum atomic E-state index is 11.7. The van der Waals surface area contributed by atoms with Crippen LogP contribution in [0.2, 0.25) is 0 Å². The predicted molar refractivity (Wildman–Crippen MR) is 96.9 cm³/mol. The molecule has 0 amide bonds. The third-order valence-corrected chi connectivity index (χ3v) is 4.80. The normalized spacial score (nSPS) is 11.0. The lowest BCUT2D eigenvalue weighted by Gasteiger charge is -2.10. The van der Waals surface area contributed by atoms with E-state index in [0.717, 1.165) is 12.3 Å². The van der Waals surface area contributed by atoms with Crippen molar-refractivity contribution in [2.75, 3.05) is 11.6 Å². The number of rotatable bonds is 6. The summed E-state index contributed by atoms with van der Waals surface area (Å²) in [7, 11) is -3.64. The first-order valence-corrected chi connectivity index (χ1v) is 9.47. The number of sulfone groups is 1. The molecule has 2 aromatic carbocycles. The van der Waals surface area contributed by atoms with Crippen LogP contribution in [0.25, 0.3) is 0 Å². The molecule has 12 nitrogen and oxygen atoms in total. The number of nitrogens with zero attached hydrogens (tertiary/aromatic N) is 3. The largest absolute Gasteiger partial charge is 0.344 e. The molecule has 0 unspecified atom stereocenters. The summed E-state index contributed by atoms with van der Waals surface area (Å²) in [6, 6.07) is 4.88. The van der Waals surface area contributed by atoms with Gasteiger partial charge in [0.15, 0.2) is 15.5 Å². The van der Waals surface area contributed by atoms with Crippen LogP contribution in [0.5, 0.6) is 0 Å². The average Bonchev–Trinajstić information content (AvgIpc) is 2.52. The molecule has 0 aliphatic carbocycles. The Labute approximate surface area is 159 Å². The van der Waals surface area contributed by atoms with Crippen molar-refractivity contribution >= 4 is 54.2 Å². The maximum absolute atomic E-state index is 11.7. The van der Waals surface area contributed by atoms with Crippen LogP contribution in [-0.2, 0) is 9.84 Å². The van der Waals surface area contributed by atoms with E-state index in [1.807, 2.05) is 0 Å². The number of hydrogen-bond acceptors (Lipinski definition) is 9. The summed E-state index contributed by atoms with van der Waals surface area (Å²) >= 11 is 3.08. The number of anilines is 2. The van der Waals surface area contributed by atoms with Gasteiger partial charge in [-0.25, -0.2) is 8.42 Å². The van der Waals surface area contributed by atoms with Gasteiger partial charge in [0.05, 0.1) is 31.8 Å². The second-order valence-electron chi connectivity index (χ2n) is 5.20. The zero-order valence-corrected chi connectivity index (χ0v) is 15.7. The number of nitro groups is 3. The van der Waals surface area contributed by atoms with Gasteiger partial charge in [-0.3, -0.25) is 30.3 Å². The van der Waals surface area contributed by atoms with Crippen LogP contribution in [0.4, 0.5) is 28.4 Å². The molecular formula is C13H9BrN4O8S. The molecule has 0 saturated heterocycles. The van der Waals surface area contributed by atoms with Crippen molar-refractivity contribution < 1.29 is 23.2 Å². The van der Waals surface area contributed by atoms with E-state index >= 15 is 0 Å². The fraction of sp³-hybridized carbons (Fsp3) is 0.0769. The molecule has 14 heteroatoms. The van der Waals surface area contributed by atoms with Gasteiger partial charge in [0.25, 0.3) is 5.69 Å². The Balaban J connectivity index is 2.72. The van der Waals surface area contributed by atoms with E-state index in [1.165, 1.54) is 12.1 Å². The molecule has 0 spiro atoms. The van der Waals surface area contributed by atoms with Crippen molar-refractivity contribution in [3.63, 3.8) is 0 Å². The zero-order chi connectivity index (χ0) is 20.5. The highest BCUT2D eigenvalue weighted by molar-refractivity contribution is 9.10. The SMILES string of the molecule is CS(=O)(=O)c1cc(Br)cc(Nc2c([N+](=O)[O-])cc([N+](=O)[O-])cc2[N+](=O)[O-])c1. The van der Waals surface area contributed by atoms with E-state index in [0.29, 0.717) is 16.6 Å². The van der Waals surface area contributed by atoms with E-state index in [2.05, 4.69) is 21.2 Å². The van der Waals surface area contributed by atoms with E-state index in [-0.39, 0.29) is 10.6 Å². The smallest absolute Gasteiger partial charge is 0.306 e. The van der Waals surface area contributed by atoms with E-state index in [9.17, 15) is 38.8 Å². The summed E-state index contributed by atoms with van der Waals surface area (Å²) in [6.07, 6.45) is 0.940. The quantitative estimate of drug-likeness (QED) is 0.499. The lowest BCUT2D eigenvalue weighted by molar-refractivity contribution is -0.401. The van der Waals surface area contributed by atoms with Crippen molar-refractivity contribution in [2.24, 2.45) is 0 Å². The average molecular weight is 461 g/mol. The number of non-ortho nitro benzene ring substituents is 1. The lowest BCUT2D eigenvalue weighted by Crippen LogP contribution is -2.04. The fourth-order valence-corrected chi connectivity index (χ4v) is 3.44. The van der Waals surface area contributed by atoms with Crippen LogP contribution in [0, 0.1) is 30.3 Å². The molecular weight excluding hydrogens is 452 g/mol. The van der Waals surface area contributed by atoms with Crippen LogP contribution in [0.3, 0.4) is 0 Å². The zero-order valence-electron chi connectivity index (χ0n) is 13.3. The highest BCUT2D eigenvalue weighted by atomic mass is 79.9. The van der Waals surface area contributed by atoms with Gasteiger partial charge in [0.1, 0.15) is 0 Å². The Bertz CT molecular complexity index is 1050. The summed E-state index contributed by atoms with van der Waals surface area (Å²) in [5.41, 5.74) is -3.27. The first-order valence-electron chi connectivity index (χ1n) is 6.79. The molecule has 0 aliphatic rings. The Morgan fingerprint density at radius 1 is 0.889 bits per heavy atom. The lowest BCUT2D eigenvalue weighted by atomic mass is 10.2. The van der Waals surface area contributed by atoms with Crippen molar-refractivity contribution in [3.05, 3.63) is 65.1 Å². The summed E-state index contributed by atoms with van der Waals surface area (Å²) in [5, 5.41) is 35.8. The van der Waals surface area contributed by atoms with Crippen molar-refractivity contribution in [1.82, 2.24) is 0 Å². The van der Waals surface area contributed by atoms with E-state index in [1.54, 1.807) is 0 Å². The molecule has 27 heavy (non-hydrogen) atoms. The third kappa shape index (κ3) is 4.53. The molecule has 0 fully saturated rings. The summed E-state index contributed by atoms with van der Waals surface area (Å²) in [4.78, 5) is 30.3. The minimum Gasteiger partial charge on any atom is -0.344 e. The number of benzene rings is 2. The Morgan fingerprint density at radius 3 is 1.81 bits per heavy atom. The van der Waals surface area contributed by atoms with E-state index in [4.69, 9.17) is 0 Å². The van der Waals surface area contributed by atoms with Gasteiger partial charge in [0.2, 0.25) is 0 Å². The second-order valence-corrected chi connectivity index (χ2v) is 8.13. The number of hydrogen-bond donors (Lipinski definition) is 1. The van der Waals surface area contributed by atoms with Crippen molar-refractivity contribution in [2.45, 2.75) is 4.90 Å². The molecule has 0 bridgehead atoms. The molecule has 0 heterocycles. The number of nitro benzene ring substituents is 3. The minimum absolute atomic E-state index is 0.00940. The summed E-state index contributed by atoms with van der Waals surface area (Å²) in [6.45, 7) is 0. The van der Waals surface area contributed by atoms with Crippen LogP contribution in [-0.4, -0.2) is 29.4 Å². The monoisotopic (exact) mass is 460 g/mol. The van der Waals surface area contributed by atoms with Gasteiger partial charge in [-0.1, -0.05) is 15.9 Å². The van der Waals surface area contributed by atoms with Gasteiger partial charge in [0, 0.05) is 16.4 Å². The molecule has 1 N–H and O–H groups in total. The standard InChI is InChI=1S/C13H9BrN4O8S/c1-27(25,26)10-3-7(14)2-8(4-10)15-13-11(17(21)22)5-9(16(19)20)6-12(13)18(23)24/h2-6,15H,1H3. The van der Waals surface area contributed by atoms with Crippen LogP contribution in [0.1, 0.15) is 0 Å². The fourth-order valence-electron chi connectivity index (χ4n) is 2.11. The molecule has 0 aromatic heterocycles.